The van der Waals surface area contributed by atoms with E-state index in [1.807, 2.05) is 35.3 Å². The number of benzene rings is 2. The normalized spacial score (nSPS) is 11.0. The average Bonchev–Trinajstić information content (AvgIpc) is 2.49. The van der Waals surface area contributed by atoms with E-state index in [1.54, 1.807) is 0 Å². The van der Waals surface area contributed by atoms with Crippen molar-refractivity contribution in [1.82, 2.24) is 0 Å². The minimum Gasteiger partial charge on any atom is -0.114 e. The van der Waals surface area contributed by atoms with E-state index in [-0.39, 0.29) is 0 Å². The van der Waals surface area contributed by atoms with Crippen LogP contribution in [0.5, 0.6) is 0 Å². The van der Waals surface area contributed by atoms with Crippen molar-refractivity contribution < 1.29 is 0 Å². The van der Waals surface area contributed by atoms with Crippen molar-refractivity contribution >= 4 is 171 Å². The smallest absolute Gasteiger partial charge is 0.0502 e. The predicted molar refractivity (Wildman–Crippen MR) is 157 cm³/mol. The van der Waals surface area contributed by atoms with Gasteiger partial charge in [-0.2, -0.15) is 0 Å². The first-order chi connectivity index (χ1) is 11.0. The number of hydrogen-bond donors (Lipinski definition) is 0. The van der Waals surface area contributed by atoms with Crippen molar-refractivity contribution in [2.45, 2.75) is 19.6 Å². The molecule has 2 aromatic carbocycles. The molecule has 0 bridgehead atoms. The Kier molecular flexibility index (Phi) is 11.8. The Labute approximate surface area is 231 Å². The largest absolute Gasteiger partial charge is 0.114 e. The lowest BCUT2D eigenvalue weighted by atomic mass is 10.4. The highest BCUT2D eigenvalue weighted by Gasteiger charge is 2.12. The van der Waals surface area contributed by atoms with Crippen LogP contribution in [0.15, 0.2) is 43.8 Å². The van der Waals surface area contributed by atoms with Gasteiger partial charge in [0.25, 0.3) is 0 Å². The highest BCUT2D eigenvalue weighted by molar-refractivity contribution is 14.1. The molecule has 0 aromatic heterocycles. The van der Waals surface area contributed by atoms with E-state index in [0.717, 1.165) is 7.52 Å². The molecule has 0 saturated heterocycles. The summed E-state index contributed by atoms with van der Waals surface area (Å²) in [5.41, 5.74) is 0. The van der Waals surface area contributed by atoms with Crippen LogP contribution in [0.1, 0.15) is 0 Å². The third-order valence-corrected chi connectivity index (χ3v) is 12.1. The van der Waals surface area contributed by atoms with Gasteiger partial charge in [0, 0.05) is 33.9 Å². The van der Waals surface area contributed by atoms with Crippen molar-refractivity contribution in [1.29, 1.82) is 0 Å². The van der Waals surface area contributed by atoms with Gasteiger partial charge in [-0.25, -0.2) is 0 Å². The van der Waals surface area contributed by atoms with Crippen molar-refractivity contribution in [2.75, 3.05) is 7.52 Å². The second-order valence-corrected chi connectivity index (χ2v) is 15.4. The molecule has 9 heteroatoms. The zero-order valence-corrected chi connectivity index (χ0v) is 26.6. The quantitative estimate of drug-likeness (QED) is 0.161. The van der Waals surface area contributed by atoms with E-state index in [0.29, 0.717) is 0 Å². The van der Waals surface area contributed by atoms with Crippen LogP contribution >= 0.6 is 171 Å². The van der Waals surface area contributed by atoms with E-state index in [9.17, 15) is 0 Å². The molecule has 23 heavy (non-hydrogen) atoms. The molecule has 0 saturated carbocycles. The lowest BCUT2D eigenvalue weighted by Gasteiger charge is -2.12. The van der Waals surface area contributed by atoms with E-state index >= 15 is 0 Å². The summed E-state index contributed by atoms with van der Waals surface area (Å²) in [5.74, 6) is 0. The highest BCUT2D eigenvalue weighted by Crippen LogP contribution is 2.40. The topological polar surface area (TPSA) is 0 Å². The molecule has 0 N–H and O–H groups in total. The van der Waals surface area contributed by atoms with Crippen LogP contribution in [0.3, 0.4) is 0 Å². The van der Waals surface area contributed by atoms with Crippen LogP contribution in [-0.4, -0.2) is 7.52 Å². The summed E-state index contributed by atoms with van der Waals surface area (Å²) in [5, 5.41) is 0. The number of hydrogen-bond acceptors (Lipinski definition) is 3. The molecule has 0 atom stereocenters. The second-order valence-electron chi connectivity index (χ2n) is 4.04. The summed E-state index contributed by atoms with van der Waals surface area (Å²) in [7, 11) is 0. The van der Waals surface area contributed by atoms with Gasteiger partial charge in [-0.05, 0) is 115 Å². The average molecular weight is 1030 g/mol. The van der Waals surface area contributed by atoms with E-state index in [4.69, 9.17) is 0 Å². The van der Waals surface area contributed by atoms with Gasteiger partial charge in [-0.15, -0.1) is 23.5 Å². The Morgan fingerprint density at radius 3 is 1.22 bits per heavy atom. The molecule has 2 aromatic rings. The van der Waals surface area contributed by atoms with Crippen LogP contribution in [-0.2, 0) is 0 Å². The van der Waals surface area contributed by atoms with Crippen LogP contribution in [0.2, 0.25) is 0 Å². The summed E-state index contributed by atoms with van der Waals surface area (Å²) in [6.45, 7) is 0. The molecule has 2 rings (SSSR count). The monoisotopic (exact) mass is 1030 g/mol. The second kappa shape index (κ2) is 11.8. The molecule has 0 aliphatic heterocycles. The Morgan fingerprint density at radius 2 is 0.870 bits per heavy atom. The molecule has 0 fully saturated rings. The Balaban J connectivity index is 2.32. The van der Waals surface area contributed by atoms with Gasteiger partial charge in [-0.1, -0.05) is 56.9 Å². The van der Waals surface area contributed by atoms with Crippen LogP contribution in [0, 0.1) is 14.3 Å². The molecule has 0 heterocycles. The van der Waals surface area contributed by atoms with Gasteiger partial charge in [0.15, 0.2) is 0 Å². The summed E-state index contributed by atoms with van der Waals surface area (Å²) in [4.78, 5) is 5.45. The third-order valence-electron chi connectivity index (χ3n) is 2.61. The van der Waals surface area contributed by atoms with Crippen molar-refractivity contribution in [3.63, 3.8) is 0 Å². The van der Waals surface area contributed by atoms with Gasteiger partial charge in [0.1, 0.15) is 0 Å². The first kappa shape index (κ1) is 23.2. The number of rotatable bonds is 6. The van der Waals surface area contributed by atoms with Crippen LogP contribution < -0.4 is 0 Å². The zero-order chi connectivity index (χ0) is 17.0. The van der Waals surface area contributed by atoms with Gasteiger partial charge < -0.3 is 0 Å². The molecule has 0 aliphatic carbocycles. The van der Waals surface area contributed by atoms with Crippen molar-refractivity contribution in [3.8, 4) is 0 Å². The summed E-state index contributed by atoms with van der Waals surface area (Å²) in [6.07, 6.45) is 0. The van der Waals surface area contributed by atoms with Crippen molar-refractivity contribution in [3.05, 3.63) is 38.5 Å². The fraction of sp³-hybridized carbons (Fsp3) is 0.143. The third kappa shape index (κ3) is 7.01. The fourth-order valence-electron chi connectivity index (χ4n) is 1.63. The SMILES string of the molecule is ICSc1cc(I)c(Sc2cc(I)c(SCI)cc2I)cc1I. The summed E-state index contributed by atoms with van der Waals surface area (Å²) >= 11 is 20.3. The highest BCUT2D eigenvalue weighted by atomic mass is 127. The number of halogens is 6. The molecule has 0 aliphatic rings. The molecule has 0 unspecified atom stereocenters. The van der Waals surface area contributed by atoms with Gasteiger partial charge in [-0.3, -0.25) is 0 Å². The summed E-state index contributed by atoms with van der Waals surface area (Å²) in [6, 6.07) is 9.26. The van der Waals surface area contributed by atoms with Crippen molar-refractivity contribution in [2.24, 2.45) is 0 Å². The maximum atomic E-state index is 2.46. The molecular weight excluding hydrogens is 1030 g/mol. The summed E-state index contributed by atoms with van der Waals surface area (Å²) < 4.78 is 7.52. The zero-order valence-electron chi connectivity index (χ0n) is 11.2. The number of alkyl halides is 2. The fourth-order valence-corrected chi connectivity index (χ4v) is 9.89. The van der Waals surface area contributed by atoms with Gasteiger partial charge in [0.05, 0.1) is 7.52 Å². The lowest BCUT2D eigenvalue weighted by molar-refractivity contribution is 1.24. The molecule has 0 nitrogen and oxygen atoms in total. The van der Waals surface area contributed by atoms with Gasteiger partial charge in [0.2, 0.25) is 0 Å². The number of thioether (sulfide) groups is 2. The van der Waals surface area contributed by atoms with Crippen LogP contribution in [0.4, 0.5) is 0 Å². The predicted octanol–water partition coefficient (Wildman–Crippen LogP) is 9.23. The standard InChI is InChI=1S/C14H8I6S3/c15-5-21-11-1-9(19)13(3-7(11)17)23-14-4-8(18)12(22-6-16)2-10(14)20/h1-4H,5-6H2. The maximum absolute atomic E-state index is 2.46. The Morgan fingerprint density at radius 1 is 0.565 bits per heavy atom. The van der Waals surface area contributed by atoms with E-state index < -0.39 is 0 Å². The lowest BCUT2D eigenvalue weighted by Crippen LogP contribution is -1.89. The minimum absolute atomic E-state index is 1.09. The Bertz CT molecular complexity index is 648. The Hall–Kier alpha value is 3.87. The molecular formula is C14H8I6S3. The van der Waals surface area contributed by atoms with E-state index in [2.05, 4.69) is 160 Å². The van der Waals surface area contributed by atoms with Gasteiger partial charge >= 0.3 is 0 Å². The molecule has 0 radical (unpaired) electrons. The van der Waals surface area contributed by atoms with E-state index in [1.165, 1.54) is 33.9 Å². The minimum atomic E-state index is 1.09. The molecule has 0 spiro atoms. The first-order valence-electron chi connectivity index (χ1n) is 5.99. The maximum Gasteiger partial charge on any atom is 0.0502 e. The van der Waals surface area contributed by atoms with Crippen LogP contribution in [0.25, 0.3) is 0 Å². The molecule has 0 amide bonds. The molecule has 124 valence electrons. The first-order valence-corrected chi connectivity index (χ1v) is 16.1.